The van der Waals surface area contributed by atoms with Gasteiger partial charge in [-0.2, -0.15) is 0 Å². The van der Waals surface area contributed by atoms with E-state index in [4.69, 9.17) is 9.47 Å². The van der Waals surface area contributed by atoms with Crippen LogP contribution in [-0.2, 0) is 22.6 Å². The lowest BCUT2D eigenvalue weighted by Crippen LogP contribution is -2.29. The fourth-order valence-corrected chi connectivity index (χ4v) is 4.59. The Kier molecular flexibility index (Phi) is 5.53. The Morgan fingerprint density at radius 3 is 2.76 bits per heavy atom. The van der Waals surface area contributed by atoms with Crippen molar-refractivity contribution in [2.24, 2.45) is 0 Å². The maximum absolute atomic E-state index is 13.3. The molecule has 34 heavy (non-hydrogen) atoms. The van der Waals surface area contributed by atoms with E-state index in [2.05, 4.69) is 4.98 Å². The molecule has 1 saturated heterocycles. The monoisotopic (exact) mass is 456 g/mol. The van der Waals surface area contributed by atoms with Crippen molar-refractivity contribution in [3.63, 3.8) is 0 Å². The van der Waals surface area contributed by atoms with Gasteiger partial charge in [0.1, 0.15) is 23.4 Å². The fraction of sp³-hybridized carbons (Fsp3) is 0.222. The summed E-state index contributed by atoms with van der Waals surface area (Å²) in [4.78, 5) is 32.2. The number of carbonyl (C=O) groups is 2. The quantitative estimate of drug-likeness (QED) is 0.354. The summed E-state index contributed by atoms with van der Waals surface area (Å²) in [5.41, 5.74) is 2.77. The molecule has 0 aliphatic carbocycles. The van der Waals surface area contributed by atoms with Gasteiger partial charge in [0.05, 0.1) is 31.0 Å². The molecule has 2 atom stereocenters. The number of rotatable bonds is 5. The predicted octanol–water partition coefficient (Wildman–Crippen LogP) is 4.04. The topological polar surface area (TPSA) is 89.0 Å². The van der Waals surface area contributed by atoms with Crippen LogP contribution >= 0.6 is 0 Å². The first kappa shape index (κ1) is 21.7. The zero-order valence-electron chi connectivity index (χ0n) is 18.9. The average Bonchev–Trinajstić information content (AvgIpc) is 3.35. The second kappa shape index (κ2) is 8.67. The summed E-state index contributed by atoms with van der Waals surface area (Å²) >= 11 is 0. The van der Waals surface area contributed by atoms with E-state index in [0.29, 0.717) is 29.0 Å². The highest BCUT2D eigenvalue weighted by Gasteiger charge is 2.46. The van der Waals surface area contributed by atoms with Gasteiger partial charge in [0.15, 0.2) is 0 Å². The molecule has 0 bridgehead atoms. The molecule has 3 aromatic rings. The lowest BCUT2D eigenvalue weighted by molar-refractivity contribution is -0.140. The van der Waals surface area contributed by atoms with Crippen LogP contribution in [0.25, 0.3) is 5.76 Å². The molecule has 2 aromatic carbocycles. The van der Waals surface area contributed by atoms with Crippen LogP contribution in [0.1, 0.15) is 35.3 Å². The minimum Gasteiger partial charge on any atom is -0.507 e. The van der Waals surface area contributed by atoms with E-state index >= 15 is 0 Å². The van der Waals surface area contributed by atoms with Gasteiger partial charge in [-0.05, 0) is 60.5 Å². The number of ether oxygens (including phenoxy) is 2. The van der Waals surface area contributed by atoms with E-state index in [-0.39, 0.29) is 24.0 Å². The zero-order chi connectivity index (χ0) is 23.8. The summed E-state index contributed by atoms with van der Waals surface area (Å²) in [5.74, 6) is -0.268. The van der Waals surface area contributed by atoms with Gasteiger partial charge in [-0.3, -0.25) is 14.6 Å². The summed E-state index contributed by atoms with van der Waals surface area (Å²) < 4.78 is 11.1. The third-order valence-corrected chi connectivity index (χ3v) is 6.18. The van der Waals surface area contributed by atoms with E-state index in [1.165, 1.54) is 4.90 Å². The smallest absolute Gasteiger partial charge is 0.296 e. The number of aromatic nitrogens is 1. The standard InChI is InChI=1S/C27H24N2O5/c1-16-12-19-13-18(9-10-22(19)34-16)25(30)23-24(17-6-5-8-21(14-17)33-2)29(27(32)26(23)31)15-20-7-3-4-11-28-20/h3-11,13-14,16,24,30H,12,15H2,1-2H3/b25-23-. The van der Waals surface area contributed by atoms with Gasteiger partial charge in [0.2, 0.25) is 0 Å². The lowest BCUT2D eigenvalue weighted by Gasteiger charge is -2.25. The minimum atomic E-state index is -0.791. The number of aliphatic hydroxyl groups is 1. The number of likely N-dealkylation sites (tertiary alicyclic amines) is 1. The highest BCUT2D eigenvalue weighted by Crippen LogP contribution is 2.41. The number of Topliss-reactive ketones (excluding diaryl/α,β-unsaturated/α-hetero) is 1. The first-order chi connectivity index (χ1) is 16.5. The number of amides is 1. The van der Waals surface area contributed by atoms with Crippen LogP contribution in [0.5, 0.6) is 11.5 Å². The van der Waals surface area contributed by atoms with Crippen LogP contribution in [0, 0.1) is 0 Å². The minimum absolute atomic E-state index is 0.0427. The fourth-order valence-electron chi connectivity index (χ4n) is 4.59. The molecule has 2 unspecified atom stereocenters. The Bertz CT molecular complexity index is 1300. The van der Waals surface area contributed by atoms with Crippen LogP contribution in [0.2, 0.25) is 0 Å². The first-order valence-corrected chi connectivity index (χ1v) is 11.1. The normalized spacial score (nSPS) is 20.8. The highest BCUT2D eigenvalue weighted by atomic mass is 16.5. The SMILES string of the molecule is COc1cccc(C2/C(=C(/O)c3ccc4c(c3)CC(C)O4)C(=O)C(=O)N2Cc2ccccn2)c1. The van der Waals surface area contributed by atoms with Crippen LogP contribution < -0.4 is 9.47 Å². The van der Waals surface area contributed by atoms with Crippen LogP contribution in [0.15, 0.2) is 72.4 Å². The number of fused-ring (bicyclic) bond motifs is 1. The number of methoxy groups -OCH3 is 1. The summed E-state index contributed by atoms with van der Waals surface area (Å²) in [6.07, 6.45) is 2.40. The number of pyridine rings is 1. The molecule has 2 aliphatic heterocycles. The molecule has 0 spiro atoms. The second-order valence-electron chi connectivity index (χ2n) is 8.48. The molecule has 3 heterocycles. The van der Waals surface area contributed by atoms with Crippen molar-refractivity contribution in [1.82, 2.24) is 9.88 Å². The van der Waals surface area contributed by atoms with Crippen molar-refractivity contribution in [3.8, 4) is 11.5 Å². The van der Waals surface area contributed by atoms with Gasteiger partial charge in [0, 0.05) is 18.2 Å². The number of carbonyl (C=O) groups excluding carboxylic acids is 2. The highest BCUT2D eigenvalue weighted by molar-refractivity contribution is 6.46. The maximum atomic E-state index is 13.3. The maximum Gasteiger partial charge on any atom is 0.296 e. The Labute approximate surface area is 197 Å². The molecule has 172 valence electrons. The van der Waals surface area contributed by atoms with Crippen LogP contribution in [-0.4, -0.2) is 39.9 Å². The van der Waals surface area contributed by atoms with Gasteiger partial charge in [-0.1, -0.05) is 18.2 Å². The average molecular weight is 456 g/mol. The Morgan fingerprint density at radius 2 is 2.00 bits per heavy atom. The van der Waals surface area contributed by atoms with Crippen LogP contribution in [0.4, 0.5) is 0 Å². The third-order valence-electron chi connectivity index (χ3n) is 6.18. The molecular weight excluding hydrogens is 432 g/mol. The number of aliphatic hydroxyl groups excluding tert-OH is 1. The van der Waals surface area contributed by atoms with Crippen molar-refractivity contribution in [2.75, 3.05) is 7.11 Å². The lowest BCUT2D eigenvalue weighted by atomic mass is 9.94. The summed E-state index contributed by atoms with van der Waals surface area (Å²) in [5, 5.41) is 11.3. The van der Waals surface area contributed by atoms with E-state index in [9.17, 15) is 14.7 Å². The van der Waals surface area contributed by atoms with Crippen molar-refractivity contribution in [3.05, 3.63) is 94.8 Å². The molecule has 1 N–H and O–H groups in total. The van der Waals surface area contributed by atoms with E-state index in [1.807, 2.05) is 25.1 Å². The molecule has 1 amide bonds. The first-order valence-electron chi connectivity index (χ1n) is 11.1. The molecule has 7 heteroatoms. The van der Waals surface area contributed by atoms with Crippen molar-refractivity contribution in [1.29, 1.82) is 0 Å². The van der Waals surface area contributed by atoms with Gasteiger partial charge in [0.25, 0.3) is 11.7 Å². The number of hydrogen-bond acceptors (Lipinski definition) is 6. The van der Waals surface area contributed by atoms with Crippen molar-refractivity contribution < 1.29 is 24.2 Å². The molecule has 0 saturated carbocycles. The summed E-state index contributed by atoms with van der Waals surface area (Å²) in [7, 11) is 1.55. The predicted molar refractivity (Wildman–Crippen MR) is 125 cm³/mol. The number of benzene rings is 2. The van der Waals surface area contributed by atoms with E-state index in [0.717, 1.165) is 11.3 Å². The molecule has 0 radical (unpaired) electrons. The Hall–Kier alpha value is -4.13. The van der Waals surface area contributed by atoms with Gasteiger partial charge >= 0.3 is 0 Å². The van der Waals surface area contributed by atoms with Gasteiger partial charge in [-0.15, -0.1) is 0 Å². The number of hydrogen-bond donors (Lipinski definition) is 1. The van der Waals surface area contributed by atoms with Crippen molar-refractivity contribution >= 4 is 17.4 Å². The zero-order valence-corrected chi connectivity index (χ0v) is 18.9. The summed E-state index contributed by atoms with van der Waals surface area (Å²) in [6.45, 7) is 2.10. The number of nitrogens with zero attached hydrogens (tertiary/aromatic N) is 2. The van der Waals surface area contributed by atoms with E-state index in [1.54, 1.807) is 55.8 Å². The molecule has 1 fully saturated rings. The third kappa shape index (κ3) is 3.79. The molecule has 1 aromatic heterocycles. The van der Waals surface area contributed by atoms with Crippen LogP contribution in [0.3, 0.4) is 0 Å². The molecule has 7 nitrogen and oxygen atoms in total. The van der Waals surface area contributed by atoms with Crippen molar-refractivity contribution in [2.45, 2.75) is 32.0 Å². The Morgan fingerprint density at radius 1 is 1.15 bits per heavy atom. The summed E-state index contributed by atoms with van der Waals surface area (Å²) in [6, 6.07) is 17.1. The van der Waals surface area contributed by atoms with Gasteiger partial charge < -0.3 is 19.5 Å². The molecule has 5 rings (SSSR count). The number of ketones is 1. The second-order valence-corrected chi connectivity index (χ2v) is 8.48. The largest absolute Gasteiger partial charge is 0.507 e. The Balaban J connectivity index is 1.64. The molecule has 2 aliphatic rings. The van der Waals surface area contributed by atoms with E-state index < -0.39 is 17.7 Å². The molecular formula is C27H24N2O5. The van der Waals surface area contributed by atoms with Gasteiger partial charge in [-0.25, -0.2) is 0 Å².